The average Bonchev–Trinajstić information content (AvgIpc) is 2.69. The molecule has 184 valence electrons. The molecule has 0 bridgehead atoms. The lowest BCUT2D eigenvalue weighted by Gasteiger charge is -2.41. The summed E-state index contributed by atoms with van der Waals surface area (Å²) in [5.41, 5.74) is 1.95. The molecule has 0 saturated carbocycles. The van der Waals surface area contributed by atoms with Gasteiger partial charge in [0.05, 0.1) is 0 Å². The first kappa shape index (κ1) is 26.9. The van der Waals surface area contributed by atoms with Crippen LogP contribution in [0.4, 0.5) is 0 Å². The van der Waals surface area contributed by atoms with Crippen LogP contribution in [0.3, 0.4) is 0 Å². The van der Waals surface area contributed by atoms with Gasteiger partial charge in [-0.2, -0.15) is 0 Å². The molecule has 1 aromatic rings. The Kier molecular flexibility index (Phi) is 9.10. The number of nitrogens with one attached hydrogen (secondary N) is 1. The minimum Gasteiger partial charge on any atom is -0.344 e. The molecule has 6 heteroatoms. The molecule has 0 aromatic heterocycles. The van der Waals surface area contributed by atoms with Crippen LogP contribution >= 0.6 is 0 Å². The highest BCUT2D eigenvalue weighted by Crippen LogP contribution is 2.26. The van der Waals surface area contributed by atoms with Crippen molar-refractivity contribution < 1.29 is 14.4 Å². The predicted octanol–water partition coefficient (Wildman–Crippen LogP) is 4.27. The van der Waals surface area contributed by atoms with Crippen LogP contribution in [0.25, 0.3) is 0 Å². The standard InChI is InChI=1S/C27H43N3O3/c1-18(2)24(28-23(31)15-20(4)16-27(6,7)8)26(33)29-13-14-30(21(5)17-29)25(32)22-11-9-19(3)10-12-22/h9-12,18,20-21,24H,13-17H2,1-8H3,(H,28,31). The zero-order chi connectivity index (χ0) is 24.9. The molecular formula is C27H43N3O3. The Bertz CT molecular complexity index is 826. The molecule has 1 aliphatic heterocycles. The highest BCUT2D eigenvalue weighted by Gasteiger charge is 2.35. The van der Waals surface area contributed by atoms with Crippen molar-refractivity contribution in [2.45, 2.75) is 80.3 Å². The van der Waals surface area contributed by atoms with Gasteiger partial charge in [-0.25, -0.2) is 0 Å². The van der Waals surface area contributed by atoms with Crippen LogP contribution in [0, 0.1) is 24.2 Å². The van der Waals surface area contributed by atoms with Gasteiger partial charge in [0.2, 0.25) is 11.8 Å². The van der Waals surface area contributed by atoms with Crippen LogP contribution in [0.2, 0.25) is 0 Å². The van der Waals surface area contributed by atoms with Gasteiger partial charge in [0, 0.05) is 37.7 Å². The van der Waals surface area contributed by atoms with Crippen molar-refractivity contribution >= 4 is 17.7 Å². The molecule has 1 aromatic carbocycles. The molecule has 1 aliphatic rings. The topological polar surface area (TPSA) is 69.7 Å². The number of piperazine rings is 1. The smallest absolute Gasteiger partial charge is 0.254 e. The second kappa shape index (κ2) is 11.2. The summed E-state index contributed by atoms with van der Waals surface area (Å²) in [6.07, 6.45) is 1.37. The van der Waals surface area contributed by atoms with Crippen molar-refractivity contribution in [1.82, 2.24) is 15.1 Å². The fraction of sp³-hybridized carbons (Fsp3) is 0.667. The van der Waals surface area contributed by atoms with Crippen molar-refractivity contribution in [3.8, 4) is 0 Å². The van der Waals surface area contributed by atoms with Gasteiger partial charge in [-0.05, 0) is 49.7 Å². The highest BCUT2D eigenvalue weighted by atomic mass is 16.2. The maximum Gasteiger partial charge on any atom is 0.254 e. The van der Waals surface area contributed by atoms with Crippen LogP contribution < -0.4 is 5.32 Å². The molecule has 1 saturated heterocycles. The number of hydrogen-bond donors (Lipinski definition) is 1. The van der Waals surface area contributed by atoms with Crippen molar-refractivity contribution in [3.63, 3.8) is 0 Å². The predicted molar refractivity (Wildman–Crippen MR) is 133 cm³/mol. The van der Waals surface area contributed by atoms with E-state index >= 15 is 0 Å². The van der Waals surface area contributed by atoms with E-state index in [-0.39, 0.29) is 41.0 Å². The Labute approximate surface area is 200 Å². The largest absolute Gasteiger partial charge is 0.344 e. The van der Waals surface area contributed by atoms with Gasteiger partial charge in [-0.3, -0.25) is 14.4 Å². The number of rotatable bonds is 7. The van der Waals surface area contributed by atoms with Gasteiger partial charge < -0.3 is 15.1 Å². The number of aryl methyl sites for hydroxylation is 1. The number of benzene rings is 1. The first-order chi connectivity index (χ1) is 15.3. The summed E-state index contributed by atoms with van der Waals surface area (Å²) in [5.74, 6) is 0.110. The van der Waals surface area contributed by atoms with Crippen LogP contribution in [-0.2, 0) is 9.59 Å². The Balaban J connectivity index is 1.98. The average molecular weight is 458 g/mol. The molecule has 1 fully saturated rings. The molecule has 0 radical (unpaired) electrons. The Morgan fingerprint density at radius 1 is 1.06 bits per heavy atom. The first-order valence-electron chi connectivity index (χ1n) is 12.2. The molecule has 2 rings (SSSR count). The molecule has 3 unspecified atom stereocenters. The van der Waals surface area contributed by atoms with Crippen molar-refractivity contribution in [2.75, 3.05) is 19.6 Å². The minimum atomic E-state index is -0.550. The number of nitrogens with zero attached hydrogens (tertiary/aromatic N) is 2. The van der Waals surface area contributed by atoms with Gasteiger partial charge in [0.1, 0.15) is 6.04 Å². The third-order valence-electron chi connectivity index (χ3n) is 6.24. The summed E-state index contributed by atoms with van der Waals surface area (Å²) in [6.45, 7) is 17.9. The van der Waals surface area contributed by atoms with Gasteiger partial charge in [-0.1, -0.05) is 59.2 Å². The number of carbonyl (C=O) groups excluding carboxylic acids is 3. The van der Waals surface area contributed by atoms with Crippen molar-refractivity contribution in [1.29, 1.82) is 0 Å². The number of amides is 3. The Morgan fingerprint density at radius 2 is 1.67 bits per heavy atom. The van der Waals surface area contributed by atoms with E-state index in [0.29, 0.717) is 31.6 Å². The summed E-state index contributed by atoms with van der Waals surface area (Å²) >= 11 is 0. The monoisotopic (exact) mass is 457 g/mol. The molecule has 0 aliphatic carbocycles. The molecule has 33 heavy (non-hydrogen) atoms. The zero-order valence-corrected chi connectivity index (χ0v) is 21.8. The first-order valence-corrected chi connectivity index (χ1v) is 12.2. The third-order valence-corrected chi connectivity index (χ3v) is 6.24. The third kappa shape index (κ3) is 7.86. The summed E-state index contributed by atoms with van der Waals surface area (Å²) in [7, 11) is 0. The van der Waals surface area contributed by atoms with Gasteiger partial charge in [-0.15, -0.1) is 0 Å². The van der Waals surface area contributed by atoms with Gasteiger partial charge >= 0.3 is 0 Å². The SMILES string of the molecule is Cc1ccc(C(=O)N2CCN(C(=O)C(NC(=O)CC(C)CC(C)(C)C)C(C)C)CC2C)cc1. The van der Waals surface area contributed by atoms with Gasteiger partial charge in [0.25, 0.3) is 5.91 Å². The van der Waals surface area contributed by atoms with E-state index in [9.17, 15) is 14.4 Å². The van der Waals surface area contributed by atoms with Crippen LogP contribution in [0.15, 0.2) is 24.3 Å². The van der Waals surface area contributed by atoms with Crippen LogP contribution in [-0.4, -0.2) is 59.2 Å². The number of carbonyl (C=O) groups is 3. The lowest BCUT2D eigenvalue weighted by molar-refractivity contribution is -0.140. The van der Waals surface area contributed by atoms with E-state index in [1.807, 2.05) is 56.9 Å². The van der Waals surface area contributed by atoms with Crippen LogP contribution in [0.5, 0.6) is 0 Å². The van der Waals surface area contributed by atoms with E-state index in [1.54, 1.807) is 4.90 Å². The molecule has 3 amide bonds. The van der Waals surface area contributed by atoms with E-state index in [1.165, 1.54) is 0 Å². The van der Waals surface area contributed by atoms with Gasteiger partial charge in [0.15, 0.2) is 0 Å². The molecule has 1 N–H and O–H groups in total. The van der Waals surface area contributed by atoms with Crippen molar-refractivity contribution in [2.24, 2.45) is 17.3 Å². The fourth-order valence-electron chi connectivity index (χ4n) is 4.70. The van der Waals surface area contributed by atoms with E-state index in [0.717, 1.165) is 12.0 Å². The second-order valence-electron chi connectivity index (χ2n) is 11.4. The Hall–Kier alpha value is -2.37. The summed E-state index contributed by atoms with van der Waals surface area (Å²) in [4.78, 5) is 42.6. The lowest BCUT2D eigenvalue weighted by Crippen LogP contribution is -2.60. The van der Waals surface area contributed by atoms with E-state index in [2.05, 4.69) is 33.0 Å². The second-order valence-corrected chi connectivity index (χ2v) is 11.4. The van der Waals surface area contributed by atoms with E-state index < -0.39 is 6.04 Å². The summed E-state index contributed by atoms with van der Waals surface area (Å²) in [6, 6.07) is 6.95. The zero-order valence-electron chi connectivity index (χ0n) is 21.8. The lowest BCUT2D eigenvalue weighted by atomic mass is 9.84. The summed E-state index contributed by atoms with van der Waals surface area (Å²) < 4.78 is 0. The molecule has 3 atom stereocenters. The molecule has 6 nitrogen and oxygen atoms in total. The van der Waals surface area contributed by atoms with Crippen LogP contribution in [0.1, 0.15) is 77.2 Å². The maximum absolute atomic E-state index is 13.3. The quantitative estimate of drug-likeness (QED) is 0.665. The number of hydrogen-bond acceptors (Lipinski definition) is 3. The Morgan fingerprint density at radius 3 is 2.18 bits per heavy atom. The molecule has 1 heterocycles. The van der Waals surface area contributed by atoms with E-state index in [4.69, 9.17) is 0 Å². The normalized spacial score (nSPS) is 18.8. The highest BCUT2D eigenvalue weighted by molar-refractivity contribution is 5.95. The molecular weight excluding hydrogens is 414 g/mol. The maximum atomic E-state index is 13.3. The van der Waals surface area contributed by atoms with Crippen molar-refractivity contribution in [3.05, 3.63) is 35.4 Å². The minimum absolute atomic E-state index is 0.00357. The summed E-state index contributed by atoms with van der Waals surface area (Å²) in [5, 5.41) is 3.00. The fourth-order valence-corrected chi connectivity index (χ4v) is 4.70. The molecule has 0 spiro atoms.